The van der Waals surface area contributed by atoms with Crippen molar-refractivity contribution in [1.29, 1.82) is 0 Å². The Balaban J connectivity index is 2.10. The highest BCUT2D eigenvalue weighted by Crippen LogP contribution is 2.35. The van der Waals surface area contributed by atoms with Gasteiger partial charge in [-0.3, -0.25) is 9.59 Å². The molecule has 0 saturated carbocycles. The molecule has 1 aliphatic carbocycles. The molecular formula is C21H14O5. The van der Waals surface area contributed by atoms with Crippen molar-refractivity contribution in [3.05, 3.63) is 101 Å². The van der Waals surface area contributed by atoms with Crippen LogP contribution in [0.2, 0.25) is 0 Å². The molecule has 0 saturated heterocycles. The lowest BCUT2D eigenvalue weighted by Gasteiger charge is -2.20. The first kappa shape index (κ1) is 17.1. The minimum absolute atomic E-state index is 0.0402. The summed E-state index contributed by atoms with van der Waals surface area (Å²) in [6.45, 7) is 6.86. The number of carbonyl (C=O) groups excluding carboxylic acids is 3. The maximum atomic E-state index is 12.8. The number of hydrogen-bond donors (Lipinski definition) is 1. The van der Waals surface area contributed by atoms with Crippen LogP contribution in [0.15, 0.2) is 84.7 Å². The van der Waals surface area contributed by atoms with Crippen molar-refractivity contribution in [2.45, 2.75) is 0 Å². The second kappa shape index (κ2) is 6.64. The van der Waals surface area contributed by atoms with Crippen molar-refractivity contribution in [3.63, 3.8) is 0 Å². The Bertz CT molecular complexity index is 996. The van der Waals surface area contributed by atoms with E-state index in [-0.39, 0.29) is 28.0 Å². The maximum Gasteiger partial charge on any atom is 0.343 e. The summed E-state index contributed by atoms with van der Waals surface area (Å²) in [4.78, 5) is 37.8. The summed E-state index contributed by atoms with van der Waals surface area (Å²) in [5, 5.41) is 9.76. The van der Waals surface area contributed by atoms with Crippen LogP contribution in [-0.2, 0) is 0 Å². The maximum absolute atomic E-state index is 12.8. The van der Waals surface area contributed by atoms with E-state index in [2.05, 4.69) is 13.2 Å². The molecule has 5 heteroatoms. The van der Waals surface area contributed by atoms with Gasteiger partial charge in [-0.1, -0.05) is 49.6 Å². The van der Waals surface area contributed by atoms with Crippen LogP contribution < -0.4 is 4.74 Å². The largest absolute Gasteiger partial charge is 0.508 e. The van der Waals surface area contributed by atoms with E-state index >= 15 is 0 Å². The first-order valence-corrected chi connectivity index (χ1v) is 7.70. The number of allylic oxidation sites excluding steroid dienone is 3. The fourth-order valence-corrected chi connectivity index (χ4v) is 2.76. The van der Waals surface area contributed by atoms with Gasteiger partial charge in [0.25, 0.3) is 0 Å². The third-order valence-corrected chi connectivity index (χ3v) is 3.94. The third kappa shape index (κ3) is 2.75. The second-order valence-corrected chi connectivity index (χ2v) is 5.53. The van der Waals surface area contributed by atoms with Crippen LogP contribution in [-0.4, -0.2) is 22.6 Å². The van der Waals surface area contributed by atoms with E-state index in [0.29, 0.717) is 5.56 Å². The lowest BCUT2D eigenvalue weighted by atomic mass is 9.83. The molecule has 26 heavy (non-hydrogen) atoms. The number of aliphatic hydroxyl groups is 1. The number of benzene rings is 2. The quantitative estimate of drug-likeness (QED) is 0.517. The number of ketones is 2. The van der Waals surface area contributed by atoms with Gasteiger partial charge < -0.3 is 9.84 Å². The zero-order valence-electron chi connectivity index (χ0n) is 13.7. The van der Waals surface area contributed by atoms with Gasteiger partial charge in [-0.25, -0.2) is 4.79 Å². The standard InChI is InChI=1S/C21H14O5/c1-3-14-17(12(2)22)20(24)18-15(19(14)23)10-7-11-16(18)26-21(25)13-8-5-4-6-9-13/h3-11,22H,1-2H2. The van der Waals surface area contributed by atoms with Gasteiger partial charge in [-0.2, -0.15) is 0 Å². The van der Waals surface area contributed by atoms with E-state index in [9.17, 15) is 19.5 Å². The number of aliphatic hydroxyl groups excluding tert-OH is 1. The molecule has 5 nitrogen and oxygen atoms in total. The molecule has 0 aromatic heterocycles. The van der Waals surface area contributed by atoms with Gasteiger partial charge in [0, 0.05) is 11.1 Å². The van der Waals surface area contributed by atoms with Crippen molar-refractivity contribution >= 4 is 17.5 Å². The topological polar surface area (TPSA) is 80.7 Å². The molecule has 0 aliphatic heterocycles. The number of ether oxygens (including phenoxy) is 1. The van der Waals surface area contributed by atoms with Crippen LogP contribution in [0, 0.1) is 0 Å². The first-order valence-electron chi connectivity index (χ1n) is 7.70. The van der Waals surface area contributed by atoms with Gasteiger partial charge in [0.1, 0.15) is 11.5 Å². The van der Waals surface area contributed by atoms with Crippen molar-refractivity contribution < 1.29 is 24.2 Å². The Morgan fingerprint density at radius 1 is 1.00 bits per heavy atom. The second-order valence-electron chi connectivity index (χ2n) is 5.53. The molecule has 2 aromatic carbocycles. The average molecular weight is 346 g/mol. The van der Waals surface area contributed by atoms with Crippen molar-refractivity contribution in [2.75, 3.05) is 0 Å². The summed E-state index contributed by atoms with van der Waals surface area (Å²) in [7, 11) is 0. The molecular weight excluding hydrogens is 332 g/mol. The van der Waals surface area contributed by atoms with Crippen LogP contribution in [0.5, 0.6) is 5.75 Å². The van der Waals surface area contributed by atoms with Crippen LogP contribution in [0.4, 0.5) is 0 Å². The fraction of sp³-hybridized carbons (Fsp3) is 0. The Kier molecular flexibility index (Phi) is 4.37. The van der Waals surface area contributed by atoms with E-state index in [0.717, 1.165) is 0 Å². The Morgan fingerprint density at radius 2 is 1.69 bits per heavy atom. The van der Waals surface area contributed by atoms with Gasteiger partial charge in [0.15, 0.2) is 5.78 Å². The van der Waals surface area contributed by atoms with Crippen molar-refractivity contribution in [2.24, 2.45) is 0 Å². The Morgan fingerprint density at radius 3 is 2.31 bits per heavy atom. The minimum Gasteiger partial charge on any atom is -0.508 e. The van der Waals surface area contributed by atoms with Gasteiger partial charge in [-0.05, 0) is 18.2 Å². The Labute approximate surface area is 149 Å². The molecule has 1 N–H and O–H groups in total. The molecule has 2 aromatic rings. The van der Waals surface area contributed by atoms with Crippen LogP contribution in [0.25, 0.3) is 0 Å². The highest BCUT2D eigenvalue weighted by atomic mass is 16.5. The molecule has 0 fully saturated rings. The summed E-state index contributed by atoms with van der Waals surface area (Å²) < 4.78 is 5.34. The van der Waals surface area contributed by atoms with Crippen molar-refractivity contribution in [1.82, 2.24) is 0 Å². The summed E-state index contributed by atoms with van der Waals surface area (Å²) in [6, 6.07) is 12.6. The van der Waals surface area contributed by atoms with E-state index in [1.165, 1.54) is 24.3 Å². The molecule has 0 unspecified atom stereocenters. The number of Topliss-reactive ketones (excluding diaryl/α,β-unsaturated/α-hetero) is 2. The van der Waals surface area contributed by atoms with Crippen molar-refractivity contribution in [3.8, 4) is 5.75 Å². The summed E-state index contributed by atoms with van der Waals surface area (Å²) in [5.41, 5.74) is 0.00175. The van der Waals surface area contributed by atoms with Crippen LogP contribution >= 0.6 is 0 Å². The molecule has 0 atom stereocenters. The number of fused-ring (bicyclic) bond motifs is 1. The van der Waals surface area contributed by atoms with E-state index in [4.69, 9.17) is 4.74 Å². The molecule has 0 heterocycles. The van der Waals surface area contributed by atoms with Gasteiger partial charge in [0.05, 0.1) is 16.7 Å². The summed E-state index contributed by atoms with van der Waals surface area (Å²) in [6.07, 6.45) is 1.20. The molecule has 0 spiro atoms. The Hall–Kier alpha value is -3.73. The molecule has 0 bridgehead atoms. The van der Waals surface area contributed by atoms with E-state index < -0.39 is 23.3 Å². The van der Waals surface area contributed by atoms with Crippen LogP contribution in [0.1, 0.15) is 31.1 Å². The molecule has 0 amide bonds. The normalized spacial score (nSPS) is 13.2. The third-order valence-electron chi connectivity index (χ3n) is 3.94. The fourth-order valence-electron chi connectivity index (χ4n) is 2.76. The molecule has 128 valence electrons. The molecule has 1 aliphatic rings. The average Bonchev–Trinajstić information content (AvgIpc) is 2.64. The van der Waals surface area contributed by atoms with Gasteiger partial charge in [0.2, 0.25) is 5.78 Å². The minimum atomic E-state index is -0.665. The van der Waals surface area contributed by atoms with E-state index in [1.54, 1.807) is 30.3 Å². The predicted octanol–water partition coefficient (Wildman–Crippen LogP) is 3.84. The number of hydrogen-bond acceptors (Lipinski definition) is 5. The predicted molar refractivity (Wildman–Crippen MR) is 95.5 cm³/mol. The van der Waals surface area contributed by atoms with Gasteiger partial charge in [-0.15, -0.1) is 0 Å². The summed E-state index contributed by atoms with van der Waals surface area (Å²) in [5.74, 6) is -2.43. The lowest BCUT2D eigenvalue weighted by molar-refractivity contribution is 0.0731. The highest BCUT2D eigenvalue weighted by molar-refractivity contribution is 6.30. The number of esters is 1. The first-order chi connectivity index (χ1) is 12.5. The van der Waals surface area contributed by atoms with Gasteiger partial charge >= 0.3 is 5.97 Å². The zero-order valence-corrected chi connectivity index (χ0v) is 13.7. The van der Waals surface area contributed by atoms with E-state index in [1.807, 2.05) is 0 Å². The smallest absolute Gasteiger partial charge is 0.343 e. The number of rotatable bonds is 4. The molecule has 3 rings (SSSR count). The monoisotopic (exact) mass is 346 g/mol. The lowest BCUT2D eigenvalue weighted by Crippen LogP contribution is -2.24. The SMILES string of the molecule is C=CC1=C(C(=C)O)C(=O)c2c(OC(=O)c3ccccc3)cccc2C1=O. The number of carbonyl (C=O) groups is 3. The van der Waals surface area contributed by atoms with Crippen LogP contribution in [0.3, 0.4) is 0 Å². The zero-order chi connectivity index (χ0) is 18.8. The molecule has 0 radical (unpaired) electrons. The summed E-state index contributed by atoms with van der Waals surface area (Å²) >= 11 is 0. The highest BCUT2D eigenvalue weighted by Gasteiger charge is 2.35.